The van der Waals surface area contributed by atoms with Gasteiger partial charge in [0.25, 0.3) is 5.69 Å². The number of amides is 2. The molecule has 11 heteroatoms. The Morgan fingerprint density at radius 3 is 2.62 bits per heavy atom. The maximum atomic E-state index is 14.1. The predicted octanol–water partition coefficient (Wildman–Crippen LogP) is 3.25. The number of nitro groups is 1. The van der Waals surface area contributed by atoms with E-state index in [4.69, 9.17) is 9.47 Å². The lowest BCUT2D eigenvalue weighted by Crippen LogP contribution is -2.50. The lowest BCUT2D eigenvalue weighted by molar-refractivity contribution is -0.385. The molecule has 2 aliphatic rings. The first-order valence-electron chi connectivity index (χ1n) is 10.4. The zero-order valence-electron chi connectivity index (χ0n) is 17.4. The first kappa shape index (κ1) is 21.9. The SMILES string of the molecule is O=C(Nc1cc(Oc2ccc([N+](=O)[O-])cc2F)ccn1)N1CCC(N2CCOCC2)CC1. The molecule has 2 aliphatic heterocycles. The van der Waals surface area contributed by atoms with Crippen molar-refractivity contribution in [3.05, 3.63) is 52.5 Å². The van der Waals surface area contributed by atoms with Gasteiger partial charge in [-0.3, -0.25) is 20.3 Å². The van der Waals surface area contributed by atoms with E-state index < -0.39 is 10.7 Å². The number of rotatable bonds is 5. The first-order valence-corrected chi connectivity index (χ1v) is 10.4. The average Bonchev–Trinajstić information content (AvgIpc) is 2.81. The van der Waals surface area contributed by atoms with Crippen LogP contribution in [-0.4, -0.2) is 71.2 Å². The number of carbonyl (C=O) groups is 1. The topological polar surface area (TPSA) is 110 Å². The van der Waals surface area contributed by atoms with Crippen molar-refractivity contribution in [3.8, 4) is 11.5 Å². The molecule has 0 radical (unpaired) electrons. The Kier molecular flexibility index (Phi) is 6.76. The minimum Gasteiger partial charge on any atom is -0.454 e. The van der Waals surface area contributed by atoms with Crippen LogP contribution >= 0.6 is 0 Å². The molecular formula is C21H24FN5O5. The van der Waals surface area contributed by atoms with Gasteiger partial charge >= 0.3 is 6.03 Å². The lowest BCUT2D eigenvalue weighted by atomic mass is 10.0. The number of likely N-dealkylation sites (tertiary alicyclic amines) is 1. The molecule has 1 aromatic heterocycles. The van der Waals surface area contributed by atoms with E-state index in [9.17, 15) is 19.3 Å². The number of aromatic nitrogens is 1. The van der Waals surface area contributed by atoms with Crippen molar-refractivity contribution in [2.75, 3.05) is 44.7 Å². The van der Waals surface area contributed by atoms with Crippen LogP contribution in [0.3, 0.4) is 0 Å². The quantitative estimate of drug-likeness (QED) is 0.556. The van der Waals surface area contributed by atoms with Gasteiger partial charge < -0.3 is 14.4 Å². The fraction of sp³-hybridized carbons (Fsp3) is 0.429. The second-order valence-electron chi connectivity index (χ2n) is 7.65. The molecule has 0 bridgehead atoms. The van der Waals surface area contributed by atoms with Gasteiger partial charge in [-0.1, -0.05) is 0 Å². The number of benzene rings is 1. The number of piperidine rings is 1. The number of morpholine rings is 1. The van der Waals surface area contributed by atoms with Crippen molar-refractivity contribution in [2.24, 2.45) is 0 Å². The number of ether oxygens (including phenoxy) is 2. The van der Waals surface area contributed by atoms with Crippen LogP contribution in [-0.2, 0) is 4.74 Å². The minimum atomic E-state index is -0.857. The van der Waals surface area contributed by atoms with E-state index >= 15 is 0 Å². The van der Waals surface area contributed by atoms with E-state index in [1.807, 2.05) is 0 Å². The van der Waals surface area contributed by atoms with Crippen molar-refractivity contribution in [3.63, 3.8) is 0 Å². The molecule has 2 fully saturated rings. The van der Waals surface area contributed by atoms with Crippen molar-refractivity contribution in [1.82, 2.24) is 14.8 Å². The number of halogens is 1. The number of nitro benzene ring substituents is 1. The first-order chi connectivity index (χ1) is 15.5. The van der Waals surface area contributed by atoms with Crippen LogP contribution in [0.4, 0.5) is 20.7 Å². The second-order valence-corrected chi connectivity index (χ2v) is 7.65. The molecule has 0 spiro atoms. The highest BCUT2D eigenvalue weighted by atomic mass is 19.1. The Morgan fingerprint density at radius 2 is 1.94 bits per heavy atom. The molecular weight excluding hydrogens is 421 g/mol. The molecule has 2 saturated heterocycles. The van der Waals surface area contributed by atoms with Crippen LogP contribution in [0, 0.1) is 15.9 Å². The summed E-state index contributed by atoms with van der Waals surface area (Å²) >= 11 is 0. The standard InChI is InChI=1S/C21H24FN5O5/c22-18-13-16(27(29)30)1-2-19(18)32-17-3-6-23-20(14-17)24-21(28)26-7-4-15(5-8-26)25-9-11-31-12-10-25/h1-3,6,13-15H,4-5,7-12H2,(H,23,24,28). The summed E-state index contributed by atoms with van der Waals surface area (Å²) in [6.07, 6.45) is 3.24. The maximum Gasteiger partial charge on any atom is 0.323 e. The third-order valence-electron chi connectivity index (χ3n) is 5.63. The Hall–Kier alpha value is -3.31. The Labute approximate surface area is 184 Å². The summed E-state index contributed by atoms with van der Waals surface area (Å²) < 4.78 is 25.0. The summed E-state index contributed by atoms with van der Waals surface area (Å²) in [6.45, 7) is 4.69. The number of pyridine rings is 1. The molecule has 2 amide bonds. The maximum absolute atomic E-state index is 14.1. The van der Waals surface area contributed by atoms with E-state index in [-0.39, 0.29) is 29.0 Å². The molecule has 0 aliphatic carbocycles. The molecule has 0 saturated carbocycles. The fourth-order valence-electron chi connectivity index (χ4n) is 3.92. The number of hydrogen-bond acceptors (Lipinski definition) is 7. The minimum absolute atomic E-state index is 0.163. The average molecular weight is 445 g/mol. The highest BCUT2D eigenvalue weighted by molar-refractivity contribution is 5.88. The predicted molar refractivity (Wildman–Crippen MR) is 113 cm³/mol. The Balaban J connectivity index is 1.33. The summed E-state index contributed by atoms with van der Waals surface area (Å²) in [4.78, 5) is 31.0. The molecule has 3 heterocycles. The van der Waals surface area contributed by atoms with Crippen LogP contribution in [0.2, 0.25) is 0 Å². The normalized spacial score (nSPS) is 17.7. The van der Waals surface area contributed by atoms with Gasteiger partial charge in [-0.25, -0.2) is 14.2 Å². The van der Waals surface area contributed by atoms with Crippen molar-refractivity contribution in [2.45, 2.75) is 18.9 Å². The van der Waals surface area contributed by atoms with Crippen molar-refractivity contribution < 1.29 is 23.6 Å². The van der Waals surface area contributed by atoms with Crippen LogP contribution in [0.25, 0.3) is 0 Å². The van der Waals surface area contributed by atoms with Crippen LogP contribution in [0.5, 0.6) is 11.5 Å². The van der Waals surface area contributed by atoms with Crippen molar-refractivity contribution in [1.29, 1.82) is 0 Å². The van der Waals surface area contributed by atoms with E-state index in [0.29, 0.717) is 19.1 Å². The smallest absolute Gasteiger partial charge is 0.323 e. The molecule has 1 N–H and O–H groups in total. The molecule has 0 unspecified atom stereocenters. The number of nitrogens with one attached hydrogen (secondary N) is 1. The number of hydrogen-bond donors (Lipinski definition) is 1. The van der Waals surface area contributed by atoms with Gasteiger partial charge in [0.05, 0.1) is 24.2 Å². The molecule has 170 valence electrons. The van der Waals surface area contributed by atoms with Gasteiger partial charge in [0.2, 0.25) is 0 Å². The largest absolute Gasteiger partial charge is 0.454 e. The zero-order chi connectivity index (χ0) is 22.5. The fourth-order valence-corrected chi connectivity index (χ4v) is 3.92. The summed E-state index contributed by atoms with van der Waals surface area (Å²) in [5.74, 6) is -0.506. The number of anilines is 1. The van der Waals surface area contributed by atoms with Crippen LogP contribution in [0.15, 0.2) is 36.5 Å². The molecule has 10 nitrogen and oxygen atoms in total. The molecule has 32 heavy (non-hydrogen) atoms. The summed E-state index contributed by atoms with van der Waals surface area (Å²) in [5.41, 5.74) is -0.366. The highest BCUT2D eigenvalue weighted by Crippen LogP contribution is 2.28. The van der Waals surface area contributed by atoms with E-state index in [2.05, 4.69) is 15.2 Å². The van der Waals surface area contributed by atoms with Crippen LogP contribution < -0.4 is 10.1 Å². The van der Waals surface area contributed by atoms with Gasteiger partial charge in [-0.05, 0) is 25.0 Å². The molecule has 4 rings (SSSR count). The van der Waals surface area contributed by atoms with Crippen molar-refractivity contribution >= 4 is 17.5 Å². The Bertz CT molecular complexity index is 977. The molecule has 1 aromatic carbocycles. The molecule has 2 aromatic rings. The highest BCUT2D eigenvalue weighted by Gasteiger charge is 2.28. The number of nitrogens with zero attached hydrogens (tertiary/aromatic N) is 4. The summed E-state index contributed by atoms with van der Waals surface area (Å²) in [7, 11) is 0. The summed E-state index contributed by atoms with van der Waals surface area (Å²) in [6, 6.07) is 6.32. The second kappa shape index (κ2) is 9.88. The van der Waals surface area contributed by atoms with Gasteiger partial charge in [0.1, 0.15) is 11.6 Å². The van der Waals surface area contributed by atoms with E-state index in [1.165, 1.54) is 24.4 Å². The van der Waals surface area contributed by atoms with Crippen LogP contribution in [0.1, 0.15) is 12.8 Å². The number of urea groups is 1. The third-order valence-corrected chi connectivity index (χ3v) is 5.63. The van der Waals surface area contributed by atoms with Gasteiger partial charge in [-0.2, -0.15) is 0 Å². The Morgan fingerprint density at radius 1 is 1.19 bits per heavy atom. The van der Waals surface area contributed by atoms with E-state index in [0.717, 1.165) is 51.3 Å². The molecule has 0 atom stereocenters. The third kappa shape index (κ3) is 5.29. The zero-order valence-corrected chi connectivity index (χ0v) is 17.4. The summed E-state index contributed by atoms with van der Waals surface area (Å²) in [5, 5.41) is 13.5. The number of non-ortho nitro benzene ring substituents is 1. The van der Waals surface area contributed by atoms with E-state index in [1.54, 1.807) is 4.90 Å². The van der Waals surface area contributed by atoms with Gasteiger partial charge in [0, 0.05) is 50.6 Å². The van der Waals surface area contributed by atoms with Gasteiger partial charge in [0.15, 0.2) is 11.6 Å². The number of carbonyl (C=O) groups excluding carboxylic acids is 1. The lowest BCUT2D eigenvalue weighted by Gasteiger charge is -2.39. The van der Waals surface area contributed by atoms with Gasteiger partial charge in [-0.15, -0.1) is 0 Å². The monoisotopic (exact) mass is 445 g/mol.